The van der Waals surface area contributed by atoms with E-state index in [2.05, 4.69) is 57.3 Å². The Morgan fingerprint density at radius 3 is 2.33 bits per heavy atom. The lowest BCUT2D eigenvalue weighted by atomic mass is 9.95. The Morgan fingerprint density at radius 2 is 1.71 bits per heavy atom. The number of benzene rings is 1. The first-order valence-electron chi connectivity index (χ1n) is 8.48. The number of nitrogens with one attached hydrogen (secondary N) is 1. The van der Waals surface area contributed by atoms with Gasteiger partial charge in [-0.05, 0) is 50.1 Å². The van der Waals surface area contributed by atoms with E-state index >= 15 is 0 Å². The van der Waals surface area contributed by atoms with Crippen LogP contribution in [0.3, 0.4) is 0 Å². The molecule has 0 spiro atoms. The van der Waals surface area contributed by atoms with Crippen molar-refractivity contribution in [3.63, 3.8) is 0 Å². The summed E-state index contributed by atoms with van der Waals surface area (Å²) in [6.07, 6.45) is 3.44. The summed E-state index contributed by atoms with van der Waals surface area (Å²) in [5.41, 5.74) is 2.75. The lowest BCUT2D eigenvalue weighted by molar-refractivity contribution is 0.116. The predicted molar refractivity (Wildman–Crippen MR) is 92.0 cm³/mol. The summed E-state index contributed by atoms with van der Waals surface area (Å²) in [5, 5.41) is 3.55. The van der Waals surface area contributed by atoms with Crippen LogP contribution in [0.4, 0.5) is 0 Å². The van der Waals surface area contributed by atoms with Gasteiger partial charge >= 0.3 is 0 Å². The molecule has 1 atom stereocenters. The third-order valence-electron chi connectivity index (χ3n) is 3.82. The largest absolute Gasteiger partial charge is 0.381 e. The first-order chi connectivity index (χ1) is 10.1. The molecule has 1 unspecified atom stereocenters. The summed E-state index contributed by atoms with van der Waals surface area (Å²) >= 11 is 0. The number of ether oxygens (including phenoxy) is 1. The molecule has 0 fully saturated rings. The Kier molecular flexibility index (Phi) is 9.36. The minimum absolute atomic E-state index is 0.552. The van der Waals surface area contributed by atoms with Gasteiger partial charge in [0.25, 0.3) is 0 Å². The minimum Gasteiger partial charge on any atom is -0.381 e. The maximum absolute atomic E-state index is 5.80. The SMILES string of the molecule is CCCNCC(CCOCCC(C)C)c1ccc(C)cc1. The van der Waals surface area contributed by atoms with Crippen molar-refractivity contribution in [2.75, 3.05) is 26.3 Å². The smallest absolute Gasteiger partial charge is 0.0472 e. The van der Waals surface area contributed by atoms with Crippen LogP contribution >= 0.6 is 0 Å². The first-order valence-corrected chi connectivity index (χ1v) is 8.48. The Balaban J connectivity index is 2.42. The molecule has 0 aliphatic rings. The lowest BCUT2D eigenvalue weighted by Gasteiger charge is -2.18. The first kappa shape index (κ1) is 18.2. The summed E-state index contributed by atoms with van der Waals surface area (Å²) in [6.45, 7) is 12.7. The maximum Gasteiger partial charge on any atom is 0.0472 e. The molecule has 0 saturated heterocycles. The van der Waals surface area contributed by atoms with Gasteiger partial charge in [-0.2, -0.15) is 0 Å². The normalized spacial score (nSPS) is 12.8. The third kappa shape index (κ3) is 8.23. The van der Waals surface area contributed by atoms with Crippen molar-refractivity contribution >= 4 is 0 Å². The van der Waals surface area contributed by atoms with Crippen LogP contribution in [0.25, 0.3) is 0 Å². The molecule has 0 bridgehead atoms. The van der Waals surface area contributed by atoms with E-state index < -0.39 is 0 Å². The second kappa shape index (κ2) is 10.8. The van der Waals surface area contributed by atoms with Crippen molar-refractivity contribution < 1.29 is 4.74 Å². The molecular formula is C19H33NO. The molecule has 21 heavy (non-hydrogen) atoms. The fraction of sp³-hybridized carbons (Fsp3) is 0.684. The van der Waals surface area contributed by atoms with Crippen molar-refractivity contribution in [1.29, 1.82) is 0 Å². The second-order valence-electron chi connectivity index (χ2n) is 6.40. The van der Waals surface area contributed by atoms with E-state index in [1.54, 1.807) is 0 Å². The molecule has 0 saturated carbocycles. The monoisotopic (exact) mass is 291 g/mol. The second-order valence-corrected chi connectivity index (χ2v) is 6.40. The van der Waals surface area contributed by atoms with Gasteiger partial charge in [0, 0.05) is 19.8 Å². The van der Waals surface area contributed by atoms with Crippen molar-refractivity contribution in [3.05, 3.63) is 35.4 Å². The van der Waals surface area contributed by atoms with E-state index in [-0.39, 0.29) is 0 Å². The fourth-order valence-corrected chi connectivity index (χ4v) is 2.32. The van der Waals surface area contributed by atoms with E-state index in [9.17, 15) is 0 Å². The van der Waals surface area contributed by atoms with Crippen molar-refractivity contribution in [3.8, 4) is 0 Å². The molecule has 120 valence electrons. The average molecular weight is 291 g/mol. The predicted octanol–water partition coefficient (Wildman–Crippen LogP) is 4.53. The van der Waals surface area contributed by atoms with E-state index in [4.69, 9.17) is 4.74 Å². The lowest BCUT2D eigenvalue weighted by Crippen LogP contribution is -2.23. The number of hydrogen-bond donors (Lipinski definition) is 1. The highest BCUT2D eigenvalue weighted by Crippen LogP contribution is 2.20. The van der Waals surface area contributed by atoms with Crippen LogP contribution in [0.5, 0.6) is 0 Å². The van der Waals surface area contributed by atoms with Gasteiger partial charge in [-0.3, -0.25) is 0 Å². The highest BCUT2D eigenvalue weighted by atomic mass is 16.5. The van der Waals surface area contributed by atoms with Crippen LogP contribution in [0, 0.1) is 12.8 Å². The Labute approximate surface area is 131 Å². The number of rotatable bonds is 11. The summed E-state index contributed by atoms with van der Waals surface area (Å²) in [6, 6.07) is 8.95. The van der Waals surface area contributed by atoms with Gasteiger partial charge in [0.2, 0.25) is 0 Å². The van der Waals surface area contributed by atoms with E-state index in [1.165, 1.54) is 17.5 Å². The quantitative estimate of drug-likeness (QED) is 0.605. The molecule has 1 aromatic rings. The summed E-state index contributed by atoms with van der Waals surface area (Å²) in [4.78, 5) is 0. The Hall–Kier alpha value is -0.860. The summed E-state index contributed by atoms with van der Waals surface area (Å²) < 4.78 is 5.80. The Bertz CT molecular complexity index is 358. The average Bonchev–Trinajstić information content (AvgIpc) is 2.46. The molecule has 0 heterocycles. The zero-order valence-electron chi connectivity index (χ0n) is 14.3. The van der Waals surface area contributed by atoms with Gasteiger partial charge in [-0.15, -0.1) is 0 Å². The van der Waals surface area contributed by atoms with Gasteiger partial charge < -0.3 is 10.1 Å². The van der Waals surface area contributed by atoms with Crippen LogP contribution in [-0.4, -0.2) is 26.3 Å². The molecule has 1 rings (SSSR count). The van der Waals surface area contributed by atoms with E-state index in [0.717, 1.165) is 45.1 Å². The topological polar surface area (TPSA) is 21.3 Å². The van der Waals surface area contributed by atoms with E-state index in [0.29, 0.717) is 5.92 Å². The molecule has 0 aliphatic carbocycles. The van der Waals surface area contributed by atoms with Crippen LogP contribution in [-0.2, 0) is 4.74 Å². The summed E-state index contributed by atoms with van der Waals surface area (Å²) in [7, 11) is 0. The standard InChI is InChI=1S/C19H33NO/c1-5-12-20-15-19(11-14-21-13-10-16(2)3)18-8-6-17(4)7-9-18/h6-9,16,19-20H,5,10-15H2,1-4H3. The van der Waals surface area contributed by atoms with Gasteiger partial charge in [-0.25, -0.2) is 0 Å². The molecule has 0 amide bonds. The zero-order chi connectivity index (χ0) is 15.5. The van der Waals surface area contributed by atoms with Crippen LogP contribution in [0.2, 0.25) is 0 Å². The minimum atomic E-state index is 0.552. The van der Waals surface area contributed by atoms with Crippen LogP contribution < -0.4 is 5.32 Å². The molecule has 2 heteroatoms. The molecule has 2 nitrogen and oxygen atoms in total. The molecule has 1 aromatic carbocycles. The van der Waals surface area contributed by atoms with Crippen molar-refractivity contribution in [1.82, 2.24) is 5.32 Å². The van der Waals surface area contributed by atoms with Crippen molar-refractivity contribution in [2.45, 2.75) is 52.9 Å². The highest BCUT2D eigenvalue weighted by Gasteiger charge is 2.11. The fourth-order valence-electron chi connectivity index (χ4n) is 2.32. The third-order valence-corrected chi connectivity index (χ3v) is 3.82. The Morgan fingerprint density at radius 1 is 1.05 bits per heavy atom. The molecule has 0 radical (unpaired) electrons. The molecule has 0 aromatic heterocycles. The van der Waals surface area contributed by atoms with Crippen molar-refractivity contribution in [2.24, 2.45) is 5.92 Å². The highest BCUT2D eigenvalue weighted by molar-refractivity contribution is 5.24. The summed E-state index contributed by atoms with van der Waals surface area (Å²) in [5.74, 6) is 1.28. The number of hydrogen-bond acceptors (Lipinski definition) is 2. The van der Waals surface area contributed by atoms with Crippen LogP contribution in [0.15, 0.2) is 24.3 Å². The van der Waals surface area contributed by atoms with Crippen LogP contribution in [0.1, 0.15) is 57.1 Å². The number of aryl methyl sites for hydroxylation is 1. The van der Waals surface area contributed by atoms with Gasteiger partial charge in [0.05, 0.1) is 0 Å². The molecule has 0 aliphatic heterocycles. The van der Waals surface area contributed by atoms with Gasteiger partial charge in [0.15, 0.2) is 0 Å². The maximum atomic E-state index is 5.80. The molecule has 1 N–H and O–H groups in total. The zero-order valence-corrected chi connectivity index (χ0v) is 14.3. The molecular weight excluding hydrogens is 258 g/mol. The van der Waals surface area contributed by atoms with Gasteiger partial charge in [0.1, 0.15) is 0 Å². The van der Waals surface area contributed by atoms with Gasteiger partial charge in [-0.1, -0.05) is 50.6 Å². The van der Waals surface area contributed by atoms with E-state index in [1.807, 2.05) is 0 Å².